The summed E-state index contributed by atoms with van der Waals surface area (Å²) in [5.41, 5.74) is 5.44. The standard InChI is InChI=1S/C7H13F2NO2/c1-11-5-3-2-4(10)6(12-5)7(8)9/h4-7H,2-3,10H2,1H3. The fourth-order valence-electron chi connectivity index (χ4n) is 1.26. The Morgan fingerprint density at radius 3 is 2.67 bits per heavy atom. The van der Waals surface area contributed by atoms with Crippen LogP contribution >= 0.6 is 0 Å². The molecule has 0 bridgehead atoms. The average Bonchev–Trinajstić information content (AvgIpc) is 2.05. The number of methoxy groups -OCH3 is 1. The first-order valence-electron chi connectivity index (χ1n) is 3.87. The summed E-state index contributed by atoms with van der Waals surface area (Å²) in [5.74, 6) is 0. The fraction of sp³-hybridized carbons (Fsp3) is 1.00. The van der Waals surface area contributed by atoms with E-state index in [9.17, 15) is 8.78 Å². The van der Waals surface area contributed by atoms with E-state index in [0.29, 0.717) is 12.8 Å². The molecular weight excluding hydrogens is 168 g/mol. The lowest BCUT2D eigenvalue weighted by Gasteiger charge is -2.33. The zero-order valence-electron chi connectivity index (χ0n) is 6.87. The Morgan fingerprint density at radius 1 is 1.50 bits per heavy atom. The molecule has 0 radical (unpaired) electrons. The Bertz CT molecular complexity index is 145. The Balaban J connectivity index is 2.47. The van der Waals surface area contributed by atoms with E-state index in [1.54, 1.807) is 0 Å². The molecule has 1 rings (SSSR count). The van der Waals surface area contributed by atoms with Gasteiger partial charge in [-0.15, -0.1) is 0 Å². The second-order valence-electron chi connectivity index (χ2n) is 2.84. The molecule has 1 aliphatic heterocycles. The first kappa shape index (κ1) is 9.83. The van der Waals surface area contributed by atoms with Gasteiger partial charge < -0.3 is 15.2 Å². The highest BCUT2D eigenvalue weighted by atomic mass is 19.3. The number of hydrogen-bond donors (Lipinski definition) is 1. The van der Waals surface area contributed by atoms with E-state index in [0.717, 1.165) is 0 Å². The number of ether oxygens (including phenoxy) is 2. The number of hydrogen-bond acceptors (Lipinski definition) is 3. The molecule has 1 saturated heterocycles. The van der Waals surface area contributed by atoms with Gasteiger partial charge in [0.05, 0.1) is 0 Å². The predicted molar refractivity (Wildman–Crippen MR) is 38.9 cm³/mol. The van der Waals surface area contributed by atoms with Crippen molar-refractivity contribution in [2.75, 3.05) is 7.11 Å². The van der Waals surface area contributed by atoms with E-state index in [-0.39, 0.29) is 0 Å². The van der Waals surface area contributed by atoms with E-state index < -0.39 is 24.9 Å². The minimum absolute atomic E-state index is 0.521. The lowest BCUT2D eigenvalue weighted by atomic mass is 10.0. The molecule has 1 heterocycles. The topological polar surface area (TPSA) is 44.5 Å². The van der Waals surface area contributed by atoms with Gasteiger partial charge in [-0.05, 0) is 12.8 Å². The normalized spacial score (nSPS) is 37.2. The van der Waals surface area contributed by atoms with Crippen molar-refractivity contribution in [2.45, 2.75) is 37.7 Å². The maximum Gasteiger partial charge on any atom is 0.265 e. The van der Waals surface area contributed by atoms with Gasteiger partial charge in [0.25, 0.3) is 6.43 Å². The molecule has 0 aromatic rings. The van der Waals surface area contributed by atoms with Crippen LogP contribution in [0.3, 0.4) is 0 Å². The molecule has 2 N–H and O–H groups in total. The van der Waals surface area contributed by atoms with E-state index >= 15 is 0 Å². The van der Waals surface area contributed by atoms with E-state index in [1.807, 2.05) is 0 Å². The Morgan fingerprint density at radius 2 is 2.17 bits per heavy atom. The summed E-state index contributed by atoms with van der Waals surface area (Å²) < 4.78 is 34.2. The smallest absolute Gasteiger partial charge is 0.265 e. The second kappa shape index (κ2) is 4.11. The maximum absolute atomic E-state index is 12.2. The van der Waals surface area contributed by atoms with Crippen molar-refractivity contribution in [3.63, 3.8) is 0 Å². The van der Waals surface area contributed by atoms with Crippen molar-refractivity contribution in [3.8, 4) is 0 Å². The van der Waals surface area contributed by atoms with Crippen molar-refractivity contribution in [3.05, 3.63) is 0 Å². The highest BCUT2D eigenvalue weighted by molar-refractivity contribution is 4.80. The molecule has 3 unspecified atom stereocenters. The van der Waals surface area contributed by atoms with Crippen LogP contribution in [0.15, 0.2) is 0 Å². The highest BCUT2D eigenvalue weighted by Gasteiger charge is 2.35. The molecular formula is C7H13F2NO2. The average molecular weight is 181 g/mol. The molecule has 0 saturated carbocycles. The summed E-state index contributed by atoms with van der Waals surface area (Å²) in [7, 11) is 1.43. The van der Waals surface area contributed by atoms with Gasteiger partial charge in [0, 0.05) is 13.2 Å². The molecule has 3 nitrogen and oxygen atoms in total. The SMILES string of the molecule is COC1CCC(N)C(C(F)F)O1. The Hall–Kier alpha value is -0.260. The van der Waals surface area contributed by atoms with Crippen molar-refractivity contribution >= 4 is 0 Å². The molecule has 0 aromatic heterocycles. The molecule has 0 aromatic carbocycles. The van der Waals surface area contributed by atoms with Crippen molar-refractivity contribution < 1.29 is 18.3 Å². The minimum Gasteiger partial charge on any atom is -0.356 e. The summed E-state index contributed by atoms with van der Waals surface area (Å²) in [6.45, 7) is 0. The molecule has 5 heteroatoms. The van der Waals surface area contributed by atoms with Crippen molar-refractivity contribution in [1.29, 1.82) is 0 Å². The highest BCUT2D eigenvalue weighted by Crippen LogP contribution is 2.22. The van der Waals surface area contributed by atoms with Crippen LogP contribution < -0.4 is 5.73 Å². The zero-order chi connectivity index (χ0) is 9.14. The second-order valence-corrected chi connectivity index (χ2v) is 2.84. The number of halogens is 2. The van der Waals surface area contributed by atoms with Gasteiger partial charge in [-0.25, -0.2) is 8.78 Å². The van der Waals surface area contributed by atoms with Gasteiger partial charge in [-0.2, -0.15) is 0 Å². The number of alkyl halides is 2. The van der Waals surface area contributed by atoms with Crippen LogP contribution in [-0.2, 0) is 9.47 Å². The molecule has 0 amide bonds. The van der Waals surface area contributed by atoms with Crippen LogP contribution in [0, 0.1) is 0 Å². The maximum atomic E-state index is 12.2. The fourth-order valence-corrected chi connectivity index (χ4v) is 1.26. The quantitative estimate of drug-likeness (QED) is 0.683. The number of nitrogens with two attached hydrogens (primary N) is 1. The first-order valence-corrected chi connectivity index (χ1v) is 3.87. The molecule has 72 valence electrons. The molecule has 0 aliphatic carbocycles. The van der Waals surface area contributed by atoms with Crippen molar-refractivity contribution in [2.24, 2.45) is 5.73 Å². The predicted octanol–water partition coefficient (Wildman–Crippen LogP) is 0.730. The third-order valence-corrected chi connectivity index (χ3v) is 1.98. The summed E-state index contributed by atoms with van der Waals surface area (Å²) in [6, 6.07) is -0.573. The van der Waals surface area contributed by atoms with Crippen LogP contribution in [0.4, 0.5) is 8.78 Å². The number of rotatable bonds is 2. The van der Waals surface area contributed by atoms with E-state index in [4.69, 9.17) is 15.2 Å². The third kappa shape index (κ3) is 2.12. The van der Waals surface area contributed by atoms with Gasteiger partial charge in [-0.1, -0.05) is 0 Å². The summed E-state index contributed by atoms with van der Waals surface area (Å²) >= 11 is 0. The van der Waals surface area contributed by atoms with Crippen LogP contribution in [0.2, 0.25) is 0 Å². The summed E-state index contributed by atoms with van der Waals surface area (Å²) in [5, 5.41) is 0. The monoisotopic (exact) mass is 181 g/mol. The van der Waals surface area contributed by atoms with E-state index in [1.165, 1.54) is 7.11 Å². The molecule has 12 heavy (non-hydrogen) atoms. The molecule has 1 fully saturated rings. The van der Waals surface area contributed by atoms with Crippen LogP contribution in [0.1, 0.15) is 12.8 Å². The lowest BCUT2D eigenvalue weighted by molar-refractivity contribution is -0.215. The van der Waals surface area contributed by atoms with Crippen LogP contribution in [0.5, 0.6) is 0 Å². The third-order valence-electron chi connectivity index (χ3n) is 1.98. The van der Waals surface area contributed by atoms with Crippen LogP contribution in [0.25, 0.3) is 0 Å². The van der Waals surface area contributed by atoms with Gasteiger partial charge in [-0.3, -0.25) is 0 Å². The van der Waals surface area contributed by atoms with E-state index in [2.05, 4.69) is 0 Å². The van der Waals surface area contributed by atoms with Gasteiger partial charge in [0.15, 0.2) is 6.29 Å². The summed E-state index contributed by atoms with van der Waals surface area (Å²) in [4.78, 5) is 0. The summed E-state index contributed by atoms with van der Waals surface area (Å²) in [6.07, 6.45) is -3.13. The Kier molecular flexibility index (Phi) is 3.37. The van der Waals surface area contributed by atoms with Gasteiger partial charge in [0.1, 0.15) is 6.10 Å². The van der Waals surface area contributed by atoms with Crippen LogP contribution in [-0.4, -0.2) is 32.0 Å². The largest absolute Gasteiger partial charge is 0.356 e. The molecule has 3 atom stereocenters. The molecule has 0 spiro atoms. The van der Waals surface area contributed by atoms with Gasteiger partial charge in [0.2, 0.25) is 0 Å². The van der Waals surface area contributed by atoms with Gasteiger partial charge >= 0.3 is 0 Å². The first-order chi connectivity index (χ1) is 5.65. The van der Waals surface area contributed by atoms with Crippen molar-refractivity contribution in [1.82, 2.24) is 0 Å². The zero-order valence-corrected chi connectivity index (χ0v) is 6.87. The Labute approximate surface area is 69.8 Å². The lowest BCUT2D eigenvalue weighted by Crippen LogP contribution is -2.48. The minimum atomic E-state index is -2.53. The molecule has 1 aliphatic rings.